The van der Waals surface area contributed by atoms with Gasteiger partial charge in [-0.05, 0) is 35.9 Å². The van der Waals surface area contributed by atoms with Crippen molar-refractivity contribution in [3.8, 4) is 11.5 Å². The quantitative estimate of drug-likeness (QED) is 0.522. The van der Waals surface area contributed by atoms with E-state index in [9.17, 15) is 13.6 Å². The fourth-order valence-electron chi connectivity index (χ4n) is 5.10. The highest BCUT2D eigenvalue weighted by atomic mass is 19.1. The number of hydrogen-bond donors (Lipinski definition) is 0. The summed E-state index contributed by atoms with van der Waals surface area (Å²) >= 11 is 0. The number of hydrazone groups is 1. The molecule has 190 valence electrons. The molecule has 0 aromatic heterocycles. The zero-order valence-corrected chi connectivity index (χ0v) is 20.1. The van der Waals surface area contributed by atoms with Crippen LogP contribution >= 0.6 is 0 Å². The van der Waals surface area contributed by atoms with Crippen LogP contribution in [0, 0.1) is 11.6 Å². The summed E-state index contributed by atoms with van der Waals surface area (Å²) in [6.45, 7) is 2.79. The van der Waals surface area contributed by atoms with Crippen molar-refractivity contribution < 1.29 is 23.0 Å². The summed E-state index contributed by atoms with van der Waals surface area (Å²) < 4.78 is 39.8. The van der Waals surface area contributed by atoms with Gasteiger partial charge in [-0.25, -0.2) is 13.8 Å². The van der Waals surface area contributed by atoms with Crippen molar-refractivity contribution in [3.63, 3.8) is 0 Å². The molecule has 0 N–H and O–H groups in total. The average molecular weight is 505 g/mol. The zero-order chi connectivity index (χ0) is 25.4. The van der Waals surface area contributed by atoms with Crippen LogP contribution in [0.4, 0.5) is 14.5 Å². The van der Waals surface area contributed by atoms with Gasteiger partial charge >= 0.3 is 0 Å². The summed E-state index contributed by atoms with van der Waals surface area (Å²) in [6, 6.07) is 18.4. The molecule has 3 aliphatic rings. The van der Waals surface area contributed by atoms with E-state index < -0.39 is 6.04 Å². The van der Waals surface area contributed by atoms with E-state index in [1.165, 1.54) is 17.1 Å². The van der Waals surface area contributed by atoms with Crippen LogP contribution in [-0.2, 0) is 4.79 Å². The molecule has 3 aliphatic heterocycles. The van der Waals surface area contributed by atoms with Gasteiger partial charge < -0.3 is 14.4 Å². The number of carbonyl (C=O) groups excluding carboxylic acids is 1. The number of halogens is 2. The van der Waals surface area contributed by atoms with Gasteiger partial charge in [-0.3, -0.25) is 9.69 Å². The standard InChI is InChI=1S/C28H26F2N4O3/c29-21-6-2-1-5-20(21)23-16-25(19-9-10-26-27(15-19)37-18-36-26)34(31-23)28(35)17-32-11-13-33(14-12-32)24-8-4-3-7-22(24)30/h1-10,15,25H,11-14,16-18H2. The molecule has 1 atom stereocenters. The smallest absolute Gasteiger partial charge is 0.257 e. The third-order valence-corrected chi connectivity index (χ3v) is 7.06. The average Bonchev–Trinajstić information content (AvgIpc) is 3.57. The second-order valence-electron chi connectivity index (χ2n) is 9.31. The fraction of sp³-hybridized carbons (Fsp3) is 0.286. The lowest BCUT2D eigenvalue weighted by molar-refractivity contribution is -0.134. The lowest BCUT2D eigenvalue weighted by Crippen LogP contribution is -2.49. The molecule has 0 bridgehead atoms. The number of piperazine rings is 1. The first-order valence-electron chi connectivity index (χ1n) is 12.3. The maximum absolute atomic E-state index is 14.6. The number of carbonyl (C=O) groups is 1. The van der Waals surface area contributed by atoms with Crippen LogP contribution in [-0.4, -0.2) is 61.0 Å². The van der Waals surface area contributed by atoms with Crippen molar-refractivity contribution in [1.82, 2.24) is 9.91 Å². The molecule has 3 aromatic carbocycles. The highest BCUT2D eigenvalue weighted by Crippen LogP contribution is 2.39. The summed E-state index contributed by atoms with van der Waals surface area (Å²) in [7, 11) is 0. The number of amides is 1. The Morgan fingerprint density at radius 3 is 2.41 bits per heavy atom. The molecule has 7 nitrogen and oxygen atoms in total. The third kappa shape index (κ3) is 4.62. The summed E-state index contributed by atoms with van der Waals surface area (Å²) in [6.07, 6.45) is 0.382. The predicted octanol–water partition coefficient (Wildman–Crippen LogP) is 4.19. The van der Waals surface area contributed by atoms with E-state index in [1.807, 2.05) is 34.1 Å². The SMILES string of the molecule is O=C(CN1CCN(c2ccccc2F)CC1)N1N=C(c2ccccc2F)CC1c1ccc2c(c1)OCO2. The van der Waals surface area contributed by atoms with Gasteiger partial charge in [0.2, 0.25) is 6.79 Å². The van der Waals surface area contributed by atoms with Crippen LogP contribution in [0.1, 0.15) is 23.6 Å². The lowest BCUT2D eigenvalue weighted by atomic mass is 9.97. The van der Waals surface area contributed by atoms with E-state index in [0.29, 0.717) is 61.1 Å². The fourth-order valence-corrected chi connectivity index (χ4v) is 5.10. The van der Waals surface area contributed by atoms with Crippen LogP contribution in [0.3, 0.4) is 0 Å². The van der Waals surface area contributed by atoms with E-state index >= 15 is 0 Å². The first kappa shape index (κ1) is 23.4. The summed E-state index contributed by atoms with van der Waals surface area (Å²) in [5, 5.41) is 6.09. The second kappa shape index (κ2) is 9.82. The van der Waals surface area contributed by atoms with Gasteiger partial charge in [0.1, 0.15) is 11.6 Å². The first-order valence-corrected chi connectivity index (χ1v) is 12.3. The molecule has 3 aromatic rings. The number of rotatable bonds is 5. The molecule has 1 saturated heterocycles. The van der Waals surface area contributed by atoms with Crippen molar-refractivity contribution in [2.75, 3.05) is 44.4 Å². The van der Waals surface area contributed by atoms with E-state index in [-0.39, 0.29) is 30.9 Å². The molecular formula is C28H26F2N4O3. The van der Waals surface area contributed by atoms with E-state index in [2.05, 4.69) is 5.10 Å². The summed E-state index contributed by atoms with van der Waals surface area (Å²) in [5.74, 6) is 0.486. The van der Waals surface area contributed by atoms with E-state index in [1.54, 1.807) is 30.3 Å². The first-order chi connectivity index (χ1) is 18.1. The number of hydrogen-bond acceptors (Lipinski definition) is 6. The van der Waals surface area contributed by atoms with Gasteiger partial charge in [0, 0.05) is 38.2 Å². The Morgan fingerprint density at radius 1 is 0.892 bits per heavy atom. The number of benzene rings is 3. The highest BCUT2D eigenvalue weighted by Gasteiger charge is 2.35. The van der Waals surface area contributed by atoms with Crippen LogP contribution in [0.15, 0.2) is 71.8 Å². The van der Waals surface area contributed by atoms with E-state index in [0.717, 1.165) is 5.56 Å². The number of para-hydroxylation sites is 1. The Hall–Kier alpha value is -3.98. The molecule has 3 heterocycles. The van der Waals surface area contributed by atoms with Gasteiger partial charge in [0.05, 0.1) is 24.0 Å². The molecule has 6 rings (SSSR count). The minimum Gasteiger partial charge on any atom is -0.454 e. The van der Waals surface area contributed by atoms with Crippen molar-refractivity contribution in [1.29, 1.82) is 0 Å². The van der Waals surface area contributed by atoms with Crippen molar-refractivity contribution >= 4 is 17.3 Å². The van der Waals surface area contributed by atoms with Crippen molar-refractivity contribution in [2.24, 2.45) is 5.10 Å². The van der Waals surface area contributed by atoms with Crippen LogP contribution < -0.4 is 14.4 Å². The van der Waals surface area contributed by atoms with Crippen LogP contribution in [0.25, 0.3) is 0 Å². The Labute approximate surface area is 213 Å². The minimum absolute atomic E-state index is 0.155. The van der Waals surface area contributed by atoms with Gasteiger partial charge in [-0.2, -0.15) is 5.10 Å². The Morgan fingerprint density at radius 2 is 1.62 bits per heavy atom. The molecule has 0 saturated carbocycles. The number of ether oxygens (including phenoxy) is 2. The Kier molecular flexibility index (Phi) is 6.21. The number of anilines is 1. The van der Waals surface area contributed by atoms with Crippen molar-refractivity contribution in [2.45, 2.75) is 12.5 Å². The topological polar surface area (TPSA) is 57.6 Å². The molecule has 0 radical (unpaired) electrons. The number of nitrogens with zero attached hydrogens (tertiary/aromatic N) is 4. The van der Waals surface area contributed by atoms with Crippen LogP contribution in [0.5, 0.6) is 11.5 Å². The maximum atomic E-state index is 14.6. The van der Waals surface area contributed by atoms with Gasteiger partial charge in [-0.1, -0.05) is 36.4 Å². The highest BCUT2D eigenvalue weighted by molar-refractivity contribution is 6.03. The zero-order valence-electron chi connectivity index (χ0n) is 20.1. The molecule has 0 aliphatic carbocycles. The molecule has 1 unspecified atom stereocenters. The van der Waals surface area contributed by atoms with Crippen LogP contribution in [0.2, 0.25) is 0 Å². The molecule has 1 amide bonds. The lowest BCUT2D eigenvalue weighted by Gasteiger charge is -2.36. The largest absolute Gasteiger partial charge is 0.454 e. The van der Waals surface area contributed by atoms with Gasteiger partial charge in [0.25, 0.3) is 5.91 Å². The number of fused-ring (bicyclic) bond motifs is 1. The van der Waals surface area contributed by atoms with Crippen molar-refractivity contribution in [3.05, 3.63) is 89.5 Å². The second-order valence-corrected chi connectivity index (χ2v) is 9.31. The predicted molar refractivity (Wildman–Crippen MR) is 135 cm³/mol. The normalized spacial score (nSPS) is 19.3. The van der Waals surface area contributed by atoms with Gasteiger partial charge in [0.15, 0.2) is 11.5 Å². The molecular weight excluding hydrogens is 478 g/mol. The third-order valence-electron chi connectivity index (χ3n) is 7.06. The molecule has 9 heteroatoms. The Bertz CT molecular complexity index is 1360. The molecule has 0 spiro atoms. The monoisotopic (exact) mass is 504 g/mol. The van der Waals surface area contributed by atoms with Gasteiger partial charge in [-0.15, -0.1) is 0 Å². The minimum atomic E-state index is -0.392. The maximum Gasteiger partial charge on any atom is 0.257 e. The summed E-state index contributed by atoms with van der Waals surface area (Å²) in [4.78, 5) is 17.6. The molecule has 1 fully saturated rings. The molecule has 37 heavy (non-hydrogen) atoms. The summed E-state index contributed by atoms with van der Waals surface area (Å²) in [5.41, 5.74) is 2.34. The Balaban J connectivity index is 1.20. The van der Waals surface area contributed by atoms with E-state index in [4.69, 9.17) is 9.47 Å².